The molecule has 3 aromatic rings. The molecule has 2 nitrogen and oxygen atoms in total. The van der Waals surface area contributed by atoms with Crippen LogP contribution < -0.4 is 0 Å². The van der Waals surface area contributed by atoms with Crippen LogP contribution in [0.4, 0.5) is 4.39 Å². The number of aromatic nitrogens is 2. The lowest BCUT2D eigenvalue weighted by molar-refractivity contribution is 0.596. The number of aryl methyl sites for hydroxylation is 1. The van der Waals surface area contributed by atoms with Gasteiger partial charge in [-0.2, -0.15) is 0 Å². The molecule has 2 aromatic carbocycles. The van der Waals surface area contributed by atoms with Crippen molar-refractivity contribution in [2.24, 2.45) is 0 Å². The second kappa shape index (κ2) is 5.86. The minimum absolute atomic E-state index is 0.161. The average molecular weight is 303 g/mol. The molecule has 0 spiro atoms. The van der Waals surface area contributed by atoms with Gasteiger partial charge in [-0.15, -0.1) is 0 Å². The van der Waals surface area contributed by atoms with Gasteiger partial charge in [0.15, 0.2) is 0 Å². The van der Waals surface area contributed by atoms with Crippen LogP contribution in [0.15, 0.2) is 42.5 Å². The number of hydrogen-bond acceptors (Lipinski definition) is 1. The van der Waals surface area contributed by atoms with Crippen molar-refractivity contribution in [2.75, 3.05) is 0 Å². The molecule has 3 rings (SSSR count). The number of rotatable bonds is 4. The first-order chi connectivity index (χ1) is 10.2. The van der Waals surface area contributed by atoms with E-state index in [0.717, 1.165) is 29.7 Å². The van der Waals surface area contributed by atoms with Crippen LogP contribution in [0, 0.1) is 5.82 Å². The highest BCUT2D eigenvalue weighted by Gasteiger charge is 2.13. The van der Waals surface area contributed by atoms with Gasteiger partial charge in [0.25, 0.3) is 0 Å². The molecule has 4 heteroatoms. The second-order valence-electron chi connectivity index (χ2n) is 5.07. The molecule has 0 bridgehead atoms. The molecular formula is C17H16ClFN2. The van der Waals surface area contributed by atoms with Gasteiger partial charge in [-0.25, -0.2) is 9.37 Å². The first-order valence-corrected chi connectivity index (χ1v) is 7.45. The van der Waals surface area contributed by atoms with E-state index in [1.165, 1.54) is 0 Å². The van der Waals surface area contributed by atoms with E-state index in [1.54, 1.807) is 18.2 Å². The maximum absolute atomic E-state index is 14.1. The molecule has 0 aliphatic rings. The molecule has 0 fully saturated rings. The van der Waals surface area contributed by atoms with Gasteiger partial charge in [0.05, 0.1) is 22.6 Å². The maximum atomic E-state index is 14.1. The van der Waals surface area contributed by atoms with E-state index in [-0.39, 0.29) is 10.8 Å². The fourth-order valence-electron chi connectivity index (χ4n) is 2.56. The summed E-state index contributed by atoms with van der Waals surface area (Å²) < 4.78 is 16.2. The number of fused-ring (bicyclic) bond motifs is 1. The quantitative estimate of drug-likeness (QED) is 0.675. The summed E-state index contributed by atoms with van der Waals surface area (Å²) in [5, 5.41) is 0.161. The monoisotopic (exact) mass is 302 g/mol. The zero-order chi connectivity index (χ0) is 14.8. The van der Waals surface area contributed by atoms with Gasteiger partial charge in [-0.1, -0.05) is 42.8 Å². The SMILES string of the molecule is CCCc1nc2ccccc2n1Cc1cccc(Cl)c1F. The molecule has 0 atom stereocenters. The van der Waals surface area contributed by atoms with Gasteiger partial charge in [0.2, 0.25) is 0 Å². The highest BCUT2D eigenvalue weighted by Crippen LogP contribution is 2.23. The molecular weight excluding hydrogens is 287 g/mol. The van der Waals surface area contributed by atoms with Crippen LogP contribution >= 0.6 is 11.6 Å². The summed E-state index contributed by atoms with van der Waals surface area (Å²) in [6.45, 7) is 2.56. The smallest absolute Gasteiger partial charge is 0.146 e. The van der Waals surface area contributed by atoms with Crippen LogP contribution in [-0.4, -0.2) is 9.55 Å². The fraction of sp³-hybridized carbons (Fsp3) is 0.235. The third-order valence-corrected chi connectivity index (χ3v) is 3.86. The molecule has 0 N–H and O–H groups in total. The summed E-state index contributed by atoms with van der Waals surface area (Å²) in [5.41, 5.74) is 2.56. The van der Waals surface area contributed by atoms with Crippen LogP contribution in [0.25, 0.3) is 11.0 Å². The van der Waals surface area contributed by atoms with Crippen molar-refractivity contribution in [2.45, 2.75) is 26.3 Å². The third kappa shape index (κ3) is 2.66. The van der Waals surface area contributed by atoms with Crippen LogP contribution in [0.2, 0.25) is 5.02 Å². The molecule has 108 valence electrons. The summed E-state index contributed by atoms with van der Waals surface area (Å²) >= 11 is 5.87. The molecule has 1 aromatic heterocycles. The van der Waals surface area contributed by atoms with Crippen molar-refractivity contribution >= 4 is 22.6 Å². The average Bonchev–Trinajstić information content (AvgIpc) is 2.82. The molecule has 0 saturated carbocycles. The Hall–Kier alpha value is -1.87. The zero-order valence-electron chi connectivity index (χ0n) is 11.8. The first-order valence-electron chi connectivity index (χ1n) is 7.07. The standard InChI is InChI=1S/C17H16ClFN2/c1-2-6-16-20-14-9-3-4-10-15(14)21(16)11-12-7-5-8-13(18)17(12)19/h3-5,7-10H,2,6,11H2,1H3. The van der Waals surface area contributed by atoms with Crippen molar-refractivity contribution in [3.05, 3.63) is 64.7 Å². The minimum Gasteiger partial charge on any atom is -0.323 e. The van der Waals surface area contributed by atoms with E-state index < -0.39 is 0 Å². The highest BCUT2D eigenvalue weighted by atomic mass is 35.5. The van der Waals surface area contributed by atoms with Crippen molar-refractivity contribution in [1.82, 2.24) is 9.55 Å². The number of imidazole rings is 1. The topological polar surface area (TPSA) is 17.8 Å². The molecule has 0 amide bonds. The number of halogens is 2. The summed E-state index contributed by atoms with van der Waals surface area (Å²) in [4.78, 5) is 4.66. The summed E-state index contributed by atoms with van der Waals surface area (Å²) in [6, 6.07) is 13.1. The predicted octanol–water partition coefficient (Wildman–Crippen LogP) is 4.83. The normalized spacial score (nSPS) is 11.2. The van der Waals surface area contributed by atoms with Crippen LogP contribution in [0.3, 0.4) is 0 Å². The van der Waals surface area contributed by atoms with E-state index in [0.29, 0.717) is 12.1 Å². The molecule has 0 saturated heterocycles. The largest absolute Gasteiger partial charge is 0.323 e. The lowest BCUT2D eigenvalue weighted by Gasteiger charge is -2.10. The van der Waals surface area contributed by atoms with Gasteiger partial charge >= 0.3 is 0 Å². The van der Waals surface area contributed by atoms with Crippen molar-refractivity contribution < 1.29 is 4.39 Å². The van der Waals surface area contributed by atoms with E-state index in [4.69, 9.17) is 11.6 Å². The minimum atomic E-state index is -0.348. The summed E-state index contributed by atoms with van der Waals surface area (Å²) in [7, 11) is 0. The Morgan fingerprint density at radius 1 is 1.14 bits per heavy atom. The summed E-state index contributed by atoms with van der Waals surface area (Å²) in [6.07, 6.45) is 1.87. The van der Waals surface area contributed by atoms with E-state index in [9.17, 15) is 4.39 Å². The Bertz CT molecular complexity index is 780. The Labute approximate surface area is 128 Å². The van der Waals surface area contributed by atoms with Gasteiger partial charge in [0.1, 0.15) is 11.6 Å². The Morgan fingerprint density at radius 2 is 1.95 bits per heavy atom. The number of para-hydroxylation sites is 2. The Kier molecular flexibility index (Phi) is 3.93. The zero-order valence-corrected chi connectivity index (χ0v) is 12.6. The molecule has 0 aliphatic carbocycles. The van der Waals surface area contributed by atoms with Crippen LogP contribution in [0.5, 0.6) is 0 Å². The first kappa shape index (κ1) is 14.1. The molecule has 0 unspecified atom stereocenters. The number of nitrogens with zero attached hydrogens (tertiary/aromatic N) is 2. The second-order valence-corrected chi connectivity index (χ2v) is 5.47. The van der Waals surface area contributed by atoms with Crippen LogP contribution in [0.1, 0.15) is 24.7 Å². The lowest BCUT2D eigenvalue weighted by atomic mass is 10.2. The fourth-order valence-corrected chi connectivity index (χ4v) is 2.75. The summed E-state index contributed by atoms with van der Waals surface area (Å²) in [5.74, 6) is 0.637. The molecule has 21 heavy (non-hydrogen) atoms. The number of benzene rings is 2. The molecule has 0 aliphatic heterocycles. The van der Waals surface area contributed by atoms with Crippen molar-refractivity contribution in [3.8, 4) is 0 Å². The number of hydrogen-bond donors (Lipinski definition) is 0. The Morgan fingerprint density at radius 3 is 2.76 bits per heavy atom. The maximum Gasteiger partial charge on any atom is 0.146 e. The lowest BCUT2D eigenvalue weighted by Crippen LogP contribution is -2.06. The van der Waals surface area contributed by atoms with Gasteiger partial charge in [-0.3, -0.25) is 0 Å². The van der Waals surface area contributed by atoms with Gasteiger partial charge < -0.3 is 4.57 Å². The molecule has 1 heterocycles. The van der Waals surface area contributed by atoms with Crippen molar-refractivity contribution in [3.63, 3.8) is 0 Å². The van der Waals surface area contributed by atoms with E-state index in [1.807, 2.05) is 24.3 Å². The van der Waals surface area contributed by atoms with Crippen molar-refractivity contribution in [1.29, 1.82) is 0 Å². The predicted molar refractivity (Wildman–Crippen MR) is 84.2 cm³/mol. The molecule has 0 radical (unpaired) electrons. The van der Waals surface area contributed by atoms with E-state index in [2.05, 4.69) is 16.5 Å². The van der Waals surface area contributed by atoms with Gasteiger partial charge in [0, 0.05) is 12.0 Å². The Balaban J connectivity index is 2.10. The van der Waals surface area contributed by atoms with E-state index >= 15 is 0 Å². The van der Waals surface area contributed by atoms with Crippen LogP contribution in [-0.2, 0) is 13.0 Å². The van der Waals surface area contributed by atoms with Gasteiger partial charge in [-0.05, 0) is 24.6 Å². The highest BCUT2D eigenvalue weighted by molar-refractivity contribution is 6.30. The third-order valence-electron chi connectivity index (χ3n) is 3.57.